The first-order chi connectivity index (χ1) is 6.79. The topological polar surface area (TPSA) is 55.5 Å². The second-order valence-electron chi connectivity index (χ2n) is 2.78. The van der Waals surface area contributed by atoms with E-state index < -0.39 is 0 Å². The molecule has 1 aromatic carbocycles. The lowest BCUT2D eigenvalue weighted by atomic mass is 10.1. The number of hydrogen-bond donors (Lipinski definition) is 1. The molecule has 0 radical (unpaired) electrons. The highest BCUT2D eigenvalue weighted by Gasteiger charge is 2.05. The molecule has 0 fully saturated rings. The molecule has 2 aromatic rings. The van der Waals surface area contributed by atoms with Crippen LogP contribution in [0, 0.1) is 0 Å². The third-order valence-electron chi connectivity index (χ3n) is 1.85. The second-order valence-corrected chi connectivity index (χ2v) is 2.78. The molecule has 72 valence electrons. The van der Waals surface area contributed by atoms with Gasteiger partial charge in [0.05, 0.1) is 7.11 Å². The van der Waals surface area contributed by atoms with Gasteiger partial charge in [0.2, 0.25) is 0 Å². The van der Waals surface area contributed by atoms with E-state index in [2.05, 4.69) is 5.16 Å². The molecule has 2 rings (SSSR count). The van der Waals surface area contributed by atoms with Gasteiger partial charge < -0.3 is 14.4 Å². The van der Waals surface area contributed by atoms with Gasteiger partial charge >= 0.3 is 0 Å². The lowest BCUT2D eigenvalue weighted by Crippen LogP contribution is -1.82. The Morgan fingerprint density at radius 2 is 2.21 bits per heavy atom. The monoisotopic (exact) mass is 191 g/mol. The highest BCUT2D eigenvalue weighted by Crippen LogP contribution is 2.25. The first-order valence-corrected chi connectivity index (χ1v) is 4.10. The number of methoxy groups -OCH3 is 1. The van der Waals surface area contributed by atoms with Crippen LogP contribution in [0.4, 0.5) is 0 Å². The molecule has 0 amide bonds. The van der Waals surface area contributed by atoms with Gasteiger partial charge in [-0.05, 0) is 17.3 Å². The minimum absolute atomic E-state index is 0.122. The van der Waals surface area contributed by atoms with E-state index in [0.717, 1.165) is 11.3 Å². The van der Waals surface area contributed by atoms with Gasteiger partial charge in [-0.2, -0.15) is 0 Å². The summed E-state index contributed by atoms with van der Waals surface area (Å²) in [6, 6.07) is 8.78. The van der Waals surface area contributed by atoms with Gasteiger partial charge in [-0.25, -0.2) is 0 Å². The third kappa shape index (κ3) is 1.54. The SMILES string of the molecule is COc1cccc(-c2cc(O)no2)c1. The fourth-order valence-corrected chi connectivity index (χ4v) is 1.18. The molecule has 0 aliphatic heterocycles. The van der Waals surface area contributed by atoms with Crippen LogP contribution in [0.2, 0.25) is 0 Å². The minimum Gasteiger partial charge on any atom is -0.497 e. The Labute approximate surface area is 80.7 Å². The van der Waals surface area contributed by atoms with Gasteiger partial charge in [0, 0.05) is 11.6 Å². The van der Waals surface area contributed by atoms with Crippen LogP contribution in [-0.2, 0) is 0 Å². The number of rotatable bonds is 2. The smallest absolute Gasteiger partial charge is 0.252 e. The molecule has 1 aromatic heterocycles. The molecule has 0 saturated carbocycles. The van der Waals surface area contributed by atoms with Crippen LogP contribution in [0.15, 0.2) is 34.9 Å². The maximum atomic E-state index is 9.00. The van der Waals surface area contributed by atoms with Crippen LogP contribution in [-0.4, -0.2) is 17.4 Å². The predicted molar refractivity (Wildman–Crippen MR) is 50.2 cm³/mol. The molecular formula is C10H9NO3. The van der Waals surface area contributed by atoms with Crippen molar-refractivity contribution in [3.8, 4) is 23.0 Å². The number of aromatic hydroxyl groups is 1. The fraction of sp³-hybridized carbons (Fsp3) is 0.100. The van der Waals surface area contributed by atoms with Crippen molar-refractivity contribution in [2.45, 2.75) is 0 Å². The van der Waals surface area contributed by atoms with Gasteiger partial charge in [-0.15, -0.1) is 0 Å². The summed E-state index contributed by atoms with van der Waals surface area (Å²) in [6.07, 6.45) is 0. The van der Waals surface area contributed by atoms with Crippen LogP contribution in [0.25, 0.3) is 11.3 Å². The van der Waals surface area contributed by atoms with E-state index in [-0.39, 0.29) is 5.88 Å². The number of nitrogens with zero attached hydrogens (tertiary/aromatic N) is 1. The van der Waals surface area contributed by atoms with Gasteiger partial charge in [-0.1, -0.05) is 12.1 Å². The zero-order valence-electron chi connectivity index (χ0n) is 7.60. The summed E-state index contributed by atoms with van der Waals surface area (Å²) < 4.78 is 9.95. The van der Waals surface area contributed by atoms with Crippen molar-refractivity contribution in [1.29, 1.82) is 0 Å². The van der Waals surface area contributed by atoms with Crippen LogP contribution >= 0.6 is 0 Å². The van der Waals surface area contributed by atoms with Crippen molar-refractivity contribution < 1.29 is 14.4 Å². The first kappa shape index (κ1) is 8.62. The Morgan fingerprint density at radius 3 is 2.86 bits per heavy atom. The summed E-state index contributed by atoms with van der Waals surface area (Å²) in [5.74, 6) is 1.13. The van der Waals surface area contributed by atoms with E-state index in [4.69, 9.17) is 14.4 Å². The van der Waals surface area contributed by atoms with E-state index in [1.165, 1.54) is 6.07 Å². The Bertz CT molecular complexity index is 436. The summed E-state index contributed by atoms with van der Waals surface area (Å²) >= 11 is 0. The number of benzene rings is 1. The fourth-order valence-electron chi connectivity index (χ4n) is 1.18. The van der Waals surface area contributed by atoms with Crippen molar-refractivity contribution in [3.63, 3.8) is 0 Å². The van der Waals surface area contributed by atoms with E-state index in [0.29, 0.717) is 5.76 Å². The maximum absolute atomic E-state index is 9.00. The Morgan fingerprint density at radius 1 is 1.36 bits per heavy atom. The molecule has 0 aliphatic rings. The lowest BCUT2D eigenvalue weighted by molar-refractivity contribution is 0.365. The van der Waals surface area contributed by atoms with Gasteiger partial charge in [0.25, 0.3) is 5.88 Å². The van der Waals surface area contributed by atoms with Crippen molar-refractivity contribution in [2.24, 2.45) is 0 Å². The van der Waals surface area contributed by atoms with Crippen molar-refractivity contribution in [2.75, 3.05) is 7.11 Å². The molecule has 4 heteroatoms. The summed E-state index contributed by atoms with van der Waals surface area (Å²) in [6.45, 7) is 0. The molecule has 4 nitrogen and oxygen atoms in total. The number of hydrogen-bond acceptors (Lipinski definition) is 4. The van der Waals surface area contributed by atoms with Crippen molar-refractivity contribution >= 4 is 0 Å². The number of aromatic nitrogens is 1. The van der Waals surface area contributed by atoms with Crippen LogP contribution in [0.3, 0.4) is 0 Å². The second kappa shape index (κ2) is 3.41. The van der Waals surface area contributed by atoms with E-state index >= 15 is 0 Å². The summed E-state index contributed by atoms with van der Waals surface area (Å²) in [4.78, 5) is 0. The third-order valence-corrected chi connectivity index (χ3v) is 1.85. The van der Waals surface area contributed by atoms with E-state index in [1.54, 1.807) is 13.2 Å². The van der Waals surface area contributed by atoms with Crippen molar-refractivity contribution in [1.82, 2.24) is 5.16 Å². The normalized spacial score (nSPS) is 10.1. The van der Waals surface area contributed by atoms with Gasteiger partial charge in [0.1, 0.15) is 5.75 Å². The van der Waals surface area contributed by atoms with Crippen LogP contribution in [0.5, 0.6) is 11.6 Å². The highest BCUT2D eigenvalue weighted by molar-refractivity contribution is 5.60. The molecule has 0 bridgehead atoms. The van der Waals surface area contributed by atoms with E-state index in [1.807, 2.05) is 18.2 Å². The molecule has 1 N–H and O–H groups in total. The van der Waals surface area contributed by atoms with Gasteiger partial charge in [0.15, 0.2) is 5.76 Å². The molecule has 0 aliphatic carbocycles. The quantitative estimate of drug-likeness (QED) is 0.789. The molecule has 0 atom stereocenters. The lowest BCUT2D eigenvalue weighted by Gasteiger charge is -2.00. The first-order valence-electron chi connectivity index (χ1n) is 4.10. The molecule has 0 unspecified atom stereocenters. The number of ether oxygens (including phenoxy) is 1. The zero-order valence-corrected chi connectivity index (χ0v) is 7.60. The Hall–Kier alpha value is -1.97. The molecule has 0 spiro atoms. The molecular weight excluding hydrogens is 182 g/mol. The summed E-state index contributed by atoms with van der Waals surface area (Å²) in [5.41, 5.74) is 0.817. The van der Waals surface area contributed by atoms with Crippen LogP contribution < -0.4 is 4.74 Å². The summed E-state index contributed by atoms with van der Waals surface area (Å²) in [7, 11) is 1.59. The Balaban J connectivity index is 2.41. The summed E-state index contributed by atoms with van der Waals surface area (Å²) in [5, 5.41) is 12.4. The predicted octanol–water partition coefficient (Wildman–Crippen LogP) is 2.06. The Kier molecular flexibility index (Phi) is 2.10. The molecule has 14 heavy (non-hydrogen) atoms. The largest absolute Gasteiger partial charge is 0.497 e. The molecule has 1 heterocycles. The van der Waals surface area contributed by atoms with Gasteiger partial charge in [-0.3, -0.25) is 0 Å². The standard InChI is InChI=1S/C10H9NO3/c1-13-8-4-2-3-7(5-8)9-6-10(12)11-14-9/h2-6H,1H3,(H,11,12). The van der Waals surface area contributed by atoms with Crippen molar-refractivity contribution in [3.05, 3.63) is 30.3 Å². The van der Waals surface area contributed by atoms with E-state index in [9.17, 15) is 0 Å². The highest BCUT2D eigenvalue weighted by atomic mass is 16.5. The molecule has 0 saturated heterocycles. The maximum Gasteiger partial charge on any atom is 0.252 e. The van der Waals surface area contributed by atoms with Crippen LogP contribution in [0.1, 0.15) is 0 Å². The minimum atomic E-state index is -0.122. The average molecular weight is 191 g/mol. The average Bonchev–Trinajstić information content (AvgIpc) is 2.65. The zero-order chi connectivity index (χ0) is 9.97.